The molecule has 0 aromatic heterocycles. The summed E-state index contributed by atoms with van der Waals surface area (Å²) < 4.78 is 4.97. The Morgan fingerprint density at radius 1 is 1.70 bits per heavy atom. The summed E-state index contributed by atoms with van der Waals surface area (Å²) in [4.78, 5) is 10.0. The van der Waals surface area contributed by atoms with Crippen LogP contribution in [0.2, 0.25) is 0 Å². The molecule has 10 heavy (non-hydrogen) atoms. The molecule has 0 rings (SSSR count). The van der Waals surface area contributed by atoms with Crippen molar-refractivity contribution in [3.8, 4) is 0 Å². The van der Waals surface area contributed by atoms with Gasteiger partial charge in [0.05, 0.1) is 6.10 Å². The number of allylic oxidation sites excluding steroid dienone is 1. The standard InChI is InChI=1S/C8H14O2/c1-7(4-5-9)6-8(2)10-3/h5-6,8H,4H2,1-3H3. The normalized spacial score (nSPS) is 14.9. The van der Waals surface area contributed by atoms with E-state index in [2.05, 4.69) is 0 Å². The van der Waals surface area contributed by atoms with Crippen LogP contribution in [-0.4, -0.2) is 19.5 Å². The van der Waals surface area contributed by atoms with Crippen LogP contribution in [0, 0.1) is 0 Å². The molecule has 2 nitrogen and oxygen atoms in total. The molecule has 0 saturated heterocycles. The van der Waals surface area contributed by atoms with Crippen LogP contribution in [0.15, 0.2) is 11.6 Å². The number of hydrogen-bond donors (Lipinski definition) is 0. The van der Waals surface area contributed by atoms with E-state index in [4.69, 9.17) is 4.74 Å². The zero-order chi connectivity index (χ0) is 7.98. The predicted molar refractivity (Wildman–Crippen MR) is 40.9 cm³/mol. The highest BCUT2D eigenvalue weighted by Gasteiger charge is 1.93. The zero-order valence-electron chi connectivity index (χ0n) is 6.76. The maximum atomic E-state index is 10.0. The molecule has 1 atom stereocenters. The molecule has 0 fully saturated rings. The Morgan fingerprint density at radius 2 is 2.30 bits per heavy atom. The van der Waals surface area contributed by atoms with Crippen molar-refractivity contribution in [2.75, 3.05) is 7.11 Å². The van der Waals surface area contributed by atoms with Crippen molar-refractivity contribution in [3.05, 3.63) is 11.6 Å². The van der Waals surface area contributed by atoms with Gasteiger partial charge >= 0.3 is 0 Å². The molecule has 0 aliphatic heterocycles. The van der Waals surface area contributed by atoms with E-state index < -0.39 is 0 Å². The van der Waals surface area contributed by atoms with Gasteiger partial charge in [-0.3, -0.25) is 0 Å². The van der Waals surface area contributed by atoms with Gasteiger partial charge in [-0.05, 0) is 13.8 Å². The Hall–Kier alpha value is -0.630. The highest BCUT2D eigenvalue weighted by atomic mass is 16.5. The molecule has 0 aliphatic rings. The predicted octanol–water partition coefficient (Wildman–Crippen LogP) is 1.56. The van der Waals surface area contributed by atoms with E-state index in [1.165, 1.54) is 0 Å². The summed E-state index contributed by atoms with van der Waals surface area (Å²) >= 11 is 0. The SMILES string of the molecule is COC(C)C=C(C)CC=O. The van der Waals surface area contributed by atoms with Crippen molar-refractivity contribution in [2.45, 2.75) is 26.4 Å². The molecule has 0 amide bonds. The van der Waals surface area contributed by atoms with E-state index in [-0.39, 0.29) is 6.10 Å². The second-order valence-electron chi connectivity index (χ2n) is 2.32. The summed E-state index contributed by atoms with van der Waals surface area (Å²) in [7, 11) is 1.65. The average Bonchev–Trinajstić information content (AvgIpc) is 1.88. The number of carbonyl (C=O) groups is 1. The van der Waals surface area contributed by atoms with E-state index in [1.54, 1.807) is 7.11 Å². The Bertz CT molecular complexity index is 127. The van der Waals surface area contributed by atoms with Crippen molar-refractivity contribution in [2.24, 2.45) is 0 Å². The van der Waals surface area contributed by atoms with E-state index in [1.807, 2.05) is 19.9 Å². The molecule has 0 radical (unpaired) electrons. The minimum absolute atomic E-state index is 0.111. The second-order valence-corrected chi connectivity index (χ2v) is 2.32. The maximum Gasteiger partial charge on any atom is 0.124 e. The topological polar surface area (TPSA) is 26.3 Å². The molecule has 58 valence electrons. The Labute approximate surface area is 61.9 Å². The first-order chi connectivity index (χ1) is 4.70. The molecule has 1 unspecified atom stereocenters. The van der Waals surface area contributed by atoms with E-state index in [9.17, 15) is 4.79 Å². The van der Waals surface area contributed by atoms with Gasteiger partial charge in [0, 0.05) is 13.5 Å². The summed E-state index contributed by atoms with van der Waals surface area (Å²) in [5, 5.41) is 0. The molecule has 0 N–H and O–H groups in total. The average molecular weight is 142 g/mol. The molecular formula is C8H14O2. The molecule has 0 bridgehead atoms. The molecule has 2 heteroatoms. The van der Waals surface area contributed by atoms with Crippen LogP contribution in [0.4, 0.5) is 0 Å². The monoisotopic (exact) mass is 142 g/mol. The fourth-order valence-corrected chi connectivity index (χ4v) is 0.668. The van der Waals surface area contributed by atoms with Crippen LogP contribution in [0.1, 0.15) is 20.3 Å². The smallest absolute Gasteiger partial charge is 0.124 e. The van der Waals surface area contributed by atoms with Crippen molar-refractivity contribution in [3.63, 3.8) is 0 Å². The van der Waals surface area contributed by atoms with Gasteiger partial charge in [-0.1, -0.05) is 11.6 Å². The summed E-state index contributed by atoms with van der Waals surface area (Å²) in [5.74, 6) is 0. The summed E-state index contributed by atoms with van der Waals surface area (Å²) in [5.41, 5.74) is 1.06. The van der Waals surface area contributed by atoms with Gasteiger partial charge in [0.25, 0.3) is 0 Å². The number of aldehydes is 1. The number of methoxy groups -OCH3 is 1. The fraction of sp³-hybridized carbons (Fsp3) is 0.625. The number of ether oxygens (including phenoxy) is 1. The van der Waals surface area contributed by atoms with Crippen molar-refractivity contribution >= 4 is 6.29 Å². The van der Waals surface area contributed by atoms with E-state index >= 15 is 0 Å². The van der Waals surface area contributed by atoms with Crippen LogP contribution in [-0.2, 0) is 9.53 Å². The van der Waals surface area contributed by atoms with Gasteiger partial charge < -0.3 is 9.53 Å². The van der Waals surface area contributed by atoms with Crippen molar-refractivity contribution in [1.29, 1.82) is 0 Å². The first-order valence-electron chi connectivity index (χ1n) is 3.34. The van der Waals surface area contributed by atoms with Crippen molar-refractivity contribution in [1.82, 2.24) is 0 Å². The lowest BCUT2D eigenvalue weighted by molar-refractivity contribution is -0.107. The van der Waals surface area contributed by atoms with Gasteiger partial charge in [0.1, 0.15) is 6.29 Å². The summed E-state index contributed by atoms with van der Waals surface area (Å²) in [6, 6.07) is 0. The lowest BCUT2D eigenvalue weighted by atomic mass is 10.2. The zero-order valence-corrected chi connectivity index (χ0v) is 6.76. The number of carbonyl (C=O) groups excluding carboxylic acids is 1. The Kier molecular flexibility index (Phi) is 4.85. The molecule has 0 aromatic carbocycles. The summed E-state index contributed by atoms with van der Waals surface area (Å²) in [6.45, 7) is 3.86. The van der Waals surface area contributed by atoms with Gasteiger partial charge in [0.15, 0.2) is 0 Å². The van der Waals surface area contributed by atoms with Gasteiger partial charge in [-0.15, -0.1) is 0 Å². The van der Waals surface area contributed by atoms with Crippen LogP contribution >= 0.6 is 0 Å². The third-order valence-corrected chi connectivity index (χ3v) is 1.30. The Morgan fingerprint density at radius 3 is 2.70 bits per heavy atom. The molecule has 0 aromatic rings. The first-order valence-corrected chi connectivity index (χ1v) is 3.34. The number of hydrogen-bond acceptors (Lipinski definition) is 2. The molecule has 0 spiro atoms. The highest BCUT2D eigenvalue weighted by Crippen LogP contribution is 2.00. The fourth-order valence-electron chi connectivity index (χ4n) is 0.668. The second kappa shape index (κ2) is 5.18. The van der Waals surface area contributed by atoms with Crippen LogP contribution in [0.3, 0.4) is 0 Å². The van der Waals surface area contributed by atoms with Gasteiger partial charge in [0.2, 0.25) is 0 Å². The molecule has 0 heterocycles. The van der Waals surface area contributed by atoms with Gasteiger partial charge in [-0.2, -0.15) is 0 Å². The van der Waals surface area contributed by atoms with E-state index in [0.29, 0.717) is 6.42 Å². The maximum absolute atomic E-state index is 10.0. The first kappa shape index (κ1) is 9.37. The molecule has 0 aliphatic carbocycles. The number of rotatable bonds is 4. The molecule has 0 saturated carbocycles. The largest absolute Gasteiger partial charge is 0.378 e. The minimum Gasteiger partial charge on any atom is -0.378 e. The Balaban J connectivity index is 3.76. The van der Waals surface area contributed by atoms with Crippen LogP contribution in [0.25, 0.3) is 0 Å². The summed E-state index contributed by atoms with van der Waals surface area (Å²) in [6.07, 6.45) is 3.45. The lowest BCUT2D eigenvalue weighted by Gasteiger charge is -2.03. The minimum atomic E-state index is 0.111. The van der Waals surface area contributed by atoms with Gasteiger partial charge in [-0.25, -0.2) is 0 Å². The molecular weight excluding hydrogens is 128 g/mol. The van der Waals surface area contributed by atoms with Crippen LogP contribution in [0.5, 0.6) is 0 Å². The highest BCUT2D eigenvalue weighted by molar-refractivity contribution is 5.53. The lowest BCUT2D eigenvalue weighted by Crippen LogP contribution is -2.00. The quantitative estimate of drug-likeness (QED) is 0.440. The third-order valence-electron chi connectivity index (χ3n) is 1.30. The third kappa shape index (κ3) is 4.27. The van der Waals surface area contributed by atoms with E-state index in [0.717, 1.165) is 11.9 Å². The van der Waals surface area contributed by atoms with Crippen LogP contribution < -0.4 is 0 Å². The van der Waals surface area contributed by atoms with Crippen molar-refractivity contribution < 1.29 is 9.53 Å².